The number of rotatable bonds is 9. The van der Waals surface area contributed by atoms with E-state index in [0.29, 0.717) is 13.0 Å². The fourth-order valence-corrected chi connectivity index (χ4v) is 5.68. The SMILES string of the molecule is O=C(NCCCc1ccccc1)C(=O)NCC(c1ccco1)S(=O)(=O)c1cccs1. The molecule has 0 fully saturated rings. The minimum atomic E-state index is -3.78. The molecule has 158 valence electrons. The summed E-state index contributed by atoms with van der Waals surface area (Å²) in [6.07, 6.45) is 2.83. The van der Waals surface area contributed by atoms with Gasteiger partial charge in [0.1, 0.15) is 15.2 Å². The van der Waals surface area contributed by atoms with Crippen molar-refractivity contribution in [2.75, 3.05) is 13.1 Å². The van der Waals surface area contributed by atoms with E-state index < -0.39 is 26.9 Å². The average Bonchev–Trinajstić information content (AvgIpc) is 3.46. The Morgan fingerprint density at radius 2 is 1.73 bits per heavy atom. The molecule has 1 aromatic carbocycles. The summed E-state index contributed by atoms with van der Waals surface area (Å²) in [5, 5.41) is 5.50. The van der Waals surface area contributed by atoms with Crippen molar-refractivity contribution in [3.05, 3.63) is 77.6 Å². The van der Waals surface area contributed by atoms with Crippen LogP contribution in [0.3, 0.4) is 0 Å². The molecule has 3 rings (SSSR count). The third-order valence-electron chi connectivity index (χ3n) is 4.44. The van der Waals surface area contributed by atoms with Crippen LogP contribution >= 0.6 is 11.3 Å². The van der Waals surface area contributed by atoms with Gasteiger partial charge < -0.3 is 15.1 Å². The van der Waals surface area contributed by atoms with E-state index in [4.69, 9.17) is 4.42 Å². The molecular weight excluding hydrogens is 424 g/mol. The second kappa shape index (κ2) is 10.2. The Balaban J connectivity index is 1.53. The highest BCUT2D eigenvalue weighted by molar-refractivity contribution is 7.93. The third-order valence-corrected chi connectivity index (χ3v) is 7.93. The largest absolute Gasteiger partial charge is 0.468 e. The lowest BCUT2D eigenvalue weighted by Gasteiger charge is -2.15. The first-order valence-corrected chi connectivity index (χ1v) is 11.8. The van der Waals surface area contributed by atoms with E-state index in [9.17, 15) is 18.0 Å². The van der Waals surface area contributed by atoms with Crippen LogP contribution in [0.5, 0.6) is 0 Å². The molecule has 0 spiro atoms. The van der Waals surface area contributed by atoms with Crippen molar-refractivity contribution >= 4 is 33.0 Å². The molecule has 0 aliphatic heterocycles. The molecule has 0 saturated carbocycles. The lowest BCUT2D eigenvalue weighted by molar-refractivity contribution is -0.139. The minimum absolute atomic E-state index is 0.170. The zero-order chi connectivity index (χ0) is 21.4. The molecule has 0 aliphatic rings. The van der Waals surface area contributed by atoms with Crippen LogP contribution in [0.4, 0.5) is 0 Å². The van der Waals surface area contributed by atoms with E-state index in [1.54, 1.807) is 17.5 Å². The molecule has 0 bridgehead atoms. The van der Waals surface area contributed by atoms with Crippen molar-refractivity contribution in [3.63, 3.8) is 0 Å². The number of hydrogen-bond acceptors (Lipinski definition) is 6. The van der Waals surface area contributed by atoms with Crippen LogP contribution in [0.25, 0.3) is 0 Å². The lowest BCUT2D eigenvalue weighted by Crippen LogP contribution is -2.42. The first kappa shape index (κ1) is 21.8. The van der Waals surface area contributed by atoms with Crippen LogP contribution in [-0.4, -0.2) is 33.3 Å². The second-order valence-electron chi connectivity index (χ2n) is 6.54. The van der Waals surface area contributed by atoms with Gasteiger partial charge in [-0.25, -0.2) is 8.42 Å². The summed E-state index contributed by atoms with van der Waals surface area (Å²) in [5.41, 5.74) is 1.15. The Hall–Kier alpha value is -2.91. The molecule has 0 aliphatic carbocycles. The molecule has 2 N–H and O–H groups in total. The molecule has 1 unspecified atom stereocenters. The molecule has 2 heterocycles. The standard InChI is InChI=1S/C21H22N2O5S2/c24-20(22-12-4-9-16-7-2-1-3-8-16)21(25)23-15-18(17-10-5-13-28-17)30(26,27)19-11-6-14-29-19/h1-3,5-8,10-11,13-14,18H,4,9,12,15H2,(H,22,24)(H,23,25). The zero-order valence-electron chi connectivity index (χ0n) is 16.1. The second-order valence-corrected chi connectivity index (χ2v) is 9.84. The smallest absolute Gasteiger partial charge is 0.309 e. The third kappa shape index (κ3) is 5.58. The predicted octanol–water partition coefficient (Wildman–Crippen LogP) is 2.72. The van der Waals surface area contributed by atoms with Crippen molar-refractivity contribution in [1.29, 1.82) is 0 Å². The molecule has 0 radical (unpaired) electrons. The van der Waals surface area contributed by atoms with Crippen molar-refractivity contribution in [2.24, 2.45) is 0 Å². The summed E-state index contributed by atoms with van der Waals surface area (Å²) in [6, 6.07) is 16.1. The van der Waals surface area contributed by atoms with Crippen LogP contribution < -0.4 is 10.6 Å². The summed E-state index contributed by atoms with van der Waals surface area (Å²) in [5.74, 6) is -1.48. The maximum atomic E-state index is 12.9. The van der Waals surface area contributed by atoms with Gasteiger partial charge in [-0.3, -0.25) is 9.59 Å². The number of carbonyl (C=O) groups is 2. The molecule has 2 aromatic heterocycles. The lowest BCUT2D eigenvalue weighted by atomic mass is 10.1. The number of thiophene rings is 1. The van der Waals surface area contributed by atoms with Crippen LogP contribution in [0, 0.1) is 0 Å². The van der Waals surface area contributed by atoms with Gasteiger partial charge in [0.05, 0.1) is 6.26 Å². The molecule has 7 nitrogen and oxygen atoms in total. The Bertz CT molecular complexity index is 1050. The molecule has 2 amide bonds. The normalized spacial score (nSPS) is 12.3. The molecule has 30 heavy (non-hydrogen) atoms. The van der Waals surface area contributed by atoms with Crippen LogP contribution in [-0.2, 0) is 25.8 Å². The van der Waals surface area contributed by atoms with Crippen molar-refractivity contribution < 1.29 is 22.4 Å². The number of sulfone groups is 1. The topological polar surface area (TPSA) is 105 Å². The van der Waals surface area contributed by atoms with Crippen LogP contribution in [0.2, 0.25) is 0 Å². The van der Waals surface area contributed by atoms with Gasteiger partial charge in [-0.15, -0.1) is 11.3 Å². The number of furan rings is 1. The first-order valence-electron chi connectivity index (χ1n) is 9.39. The Morgan fingerprint density at radius 1 is 0.967 bits per heavy atom. The quantitative estimate of drug-likeness (QED) is 0.388. The van der Waals surface area contributed by atoms with Crippen molar-refractivity contribution in [3.8, 4) is 0 Å². The monoisotopic (exact) mass is 446 g/mol. The van der Waals surface area contributed by atoms with Crippen LogP contribution in [0.15, 0.2) is 74.9 Å². The number of nitrogens with one attached hydrogen (secondary N) is 2. The number of benzene rings is 1. The molecule has 3 aromatic rings. The van der Waals surface area contributed by atoms with Gasteiger partial charge in [-0.1, -0.05) is 36.4 Å². The Kier molecular flexibility index (Phi) is 7.42. The summed E-state index contributed by atoms with van der Waals surface area (Å²) < 4.78 is 31.3. The fourth-order valence-electron chi connectivity index (χ4n) is 2.89. The highest BCUT2D eigenvalue weighted by Crippen LogP contribution is 2.31. The van der Waals surface area contributed by atoms with Gasteiger partial charge in [-0.2, -0.15) is 0 Å². The fraction of sp³-hybridized carbons (Fsp3) is 0.238. The van der Waals surface area contributed by atoms with E-state index in [2.05, 4.69) is 10.6 Å². The number of amides is 2. The van der Waals surface area contributed by atoms with Gasteiger partial charge in [0.2, 0.25) is 0 Å². The summed E-state index contributed by atoms with van der Waals surface area (Å²) in [7, 11) is -3.78. The van der Waals surface area contributed by atoms with E-state index in [-0.39, 0.29) is 16.5 Å². The minimum Gasteiger partial charge on any atom is -0.468 e. The van der Waals surface area contributed by atoms with Gasteiger partial charge >= 0.3 is 11.8 Å². The molecule has 9 heteroatoms. The number of aryl methyl sites for hydroxylation is 1. The average molecular weight is 447 g/mol. The zero-order valence-corrected chi connectivity index (χ0v) is 17.7. The molecule has 1 atom stereocenters. The number of hydrogen-bond donors (Lipinski definition) is 2. The first-order chi connectivity index (χ1) is 14.5. The van der Waals surface area contributed by atoms with E-state index in [1.165, 1.54) is 18.4 Å². The predicted molar refractivity (Wildman–Crippen MR) is 114 cm³/mol. The van der Waals surface area contributed by atoms with Gasteiger partial charge in [0, 0.05) is 13.1 Å². The Morgan fingerprint density at radius 3 is 2.40 bits per heavy atom. The Labute approximate surface area is 179 Å². The molecular formula is C21H22N2O5S2. The number of carbonyl (C=O) groups excluding carboxylic acids is 2. The maximum absolute atomic E-state index is 12.9. The van der Waals surface area contributed by atoms with Crippen molar-refractivity contribution in [2.45, 2.75) is 22.3 Å². The van der Waals surface area contributed by atoms with Crippen LogP contribution in [0.1, 0.15) is 23.0 Å². The summed E-state index contributed by atoms with van der Waals surface area (Å²) in [6.45, 7) is 0.0697. The summed E-state index contributed by atoms with van der Waals surface area (Å²) >= 11 is 1.09. The summed E-state index contributed by atoms with van der Waals surface area (Å²) in [4.78, 5) is 24.2. The van der Waals surface area contributed by atoms with Gasteiger partial charge in [0.15, 0.2) is 9.84 Å². The molecule has 0 saturated heterocycles. The van der Waals surface area contributed by atoms with E-state index in [0.717, 1.165) is 23.3 Å². The van der Waals surface area contributed by atoms with E-state index >= 15 is 0 Å². The highest BCUT2D eigenvalue weighted by atomic mass is 32.2. The van der Waals surface area contributed by atoms with Crippen molar-refractivity contribution in [1.82, 2.24) is 10.6 Å². The van der Waals surface area contributed by atoms with Gasteiger partial charge in [-0.05, 0) is 42.0 Å². The maximum Gasteiger partial charge on any atom is 0.309 e. The van der Waals surface area contributed by atoms with E-state index in [1.807, 2.05) is 30.3 Å². The highest BCUT2D eigenvalue weighted by Gasteiger charge is 2.33. The van der Waals surface area contributed by atoms with Gasteiger partial charge in [0.25, 0.3) is 0 Å².